The van der Waals surface area contributed by atoms with Crippen molar-refractivity contribution in [1.29, 1.82) is 0 Å². The zero-order valence-electron chi connectivity index (χ0n) is 14.8. The van der Waals surface area contributed by atoms with Gasteiger partial charge in [0.1, 0.15) is 11.4 Å². The summed E-state index contributed by atoms with van der Waals surface area (Å²) in [4.78, 5) is 23.2. The van der Waals surface area contributed by atoms with Crippen molar-refractivity contribution in [2.24, 2.45) is 0 Å². The van der Waals surface area contributed by atoms with Crippen molar-refractivity contribution < 1.29 is 9.47 Å². The van der Waals surface area contributed by atoms with E-state index in [2.05, 4.69) is 10.2 Å². The summed E-state index contributed by atoms with van der Waals surface area (Å²) in [6.45, 7) is 10.6. The lowest BCUT2D eigenvalue weighted by molar-refractivity contribution is -0.0292. The summed E-state index contributed by atoms with van der Waals surface area (Å²) in [5.74, 6) is 0.666. The lowest BCUT2D eigenvalue weighted by atomic mass is 10.1. The molecule has 1 aromatic heterocycles. The zero-order chi connectivity index (χ0) is 18.0. The van der Waals surface area contributed by atoms with Gasteiger partial charge >= 0.3 is 11.4 Å². The van der Waals surface area contributed by atoms with Crippen molar-refractivity contribution in [3.63, 3.8) is 0 Å². The van der Waals surface area contributed by atoms with E-state index in [1.165, 1.54) is 0 Å². The van der Waals surface area contributed by atoms with Gasteiger partial charge < -0.3 is 9.47 Å². The smallest absolute Gasteiger partial charge is 0.348 e. The summed E-state index contributed by atoms with van der Waals surface area (Å²) in [5, 5.41) is 4.50. The molecule has 0 aliphatic heterocycles. The minimum Gasteiger partial charge on any atom is -0.488 e. The molecule has 0 aliphatic rings. The van der Waals surface area contributed by atoms with Crippen LogP contribution in [-0.2, 0) is 4.74 Å². The summed E-state index contributed by atoms with van der Waals surface area (Å²) in [7, 11) is 0. The van der Waals surface area contributed by atoms with Crippen molar-refractivity contribution in [2.45, 2.75) is 52.2 Å². The highest BCUT2D eigenvalue weighted by Crippen LogP contribution is 2.23. The van der Waals surface area contributed by atoms with Crippen LogP contribution in [0.3, 0.4) is 0 Å². The summed E-state index contributed by atoms with van der Waals surface area (Å²) in [6.07, 6.45) is 0.739. The van der Waals surface area contributed by atoms with Crippen LogP contribution in [0.2, 0.25) is 0 Å². The highest BCUT2D eigenvalue weighted by Gasteiger charge is 2.21. The molecule has 7 heteroatoms. The molecule has 2 aromatic rings. The van der Waals surface area contributed by atoms with Crippen molar-refractivity contribution in [3.05, 3.63) is 45.2 Å². The van der Waals surface area contributed by atoms with E-state index in [1.807, 2.05) is 34.6 Å². The van der Waals surface area contributed by atoms with Crippen LogP contribution < -0.4 is 16.1 Å². The summed E-state index contributed by atoms with van der Waals surface area (Å²) in [5.41, 5.74) is -1.10. The number of hydrogen-bond acceptors (Lipinski definition) is 4. The van der Waals surface area contributed by atoms with Gasteiger partial charge in [-0.1, -0.05) is 0 Å². The molecule has 0 saturated carbocycles. The average Bonchev–Trinajstić information content (AvgIpc) is 2.77. The maximum atomic E-state index is 11.6. The third-order valence-corrected chi connectivity index (χ3v) is 3.41. The van der Waals surface area contributed by atoms with Crippen molar-refractivity contribution >= 4 is 0 Å². The average molecular weight is 335 g/mol. The van der Waals surface area contributed by atoms with E-state index in [4.69, 9.17) is 9.47 Å². The molecule has 0 bridgehead atoms. The molecule has 0 fully saturated rings. The Balaban J connectivity index is 2.03. The predicted molar refractivity (Wildman–Crippen MR) is 92.0 cm³/mol. The Hall–Kier alpha value is -2.28. The summed E-state index contributed by atoms with van der Waals surface area (Å²) >= 11 is 0. The molecule has 1 heterocycles. The fraction of sp³-hybridized carbons (Fsp3) is 0.529. The fourth-order valence-corrected chi connectivity index (χ4v) is 2.18. The van der Waals surface area contributed by atoms with Crippen LogP contribution in [0.1, 0.15) is 41.0 Å². The van der Waals surface area contributed by atoms with Gasteiger partial charge in [-0.25, -0.2) is 24.4 Å². The van der Waals surface area contributed by atoms with Crippen LogP contribution in [0.5, 0.6) is 5.75 Å². The van der Waals surface area contributed by atoms with Crippen molar-refractivity contribution in [2.75, 3.05) is 6.61 Å². The van der Waals surface area contributed by atoms with Gasteiger partial charge in [-0.05, 0) is 58.9 Å². The van der Waals surface area contributed by atoms with Gasteiger partial charge in [0.25, 0.3) is 0 Å². The molecule has 2 N–H and O–H groups in total. The first-order valence-corrected chi connectivity index (χ1v) is 7.91. The Bertz CT molecular complexity index is 748. The first-order valence-electron chi connectivity index (χ1n) is 7.91. The summed E-state index contributed by atoms with van der Waals surface area (Å²) in [6, 6.07) is 6.81. The number of aromatic amines is 2. The number of rotatable bonds is 6. The molecule has 0 aliphatic carbocycles. The highest BCUT2D eigenvalue weighted by molar-refractivity contribution is 5.37. The van der Waals surface area contributed by atoms with E-state index in [1.54, 1.807) is 24.3 Å². The molecule has 7 nitrogen and oxygen atoms in total. The van der Waals surface area contributed by atoms with Crippen LogP contribution in [-0.4, -0.2) is 32.6 Å². The monoisotopic (exact) mass is 335 g/mol. The summed E-state index contributed by atoms with van der Waals surface area (Å²) < 4.78 is 12.7. The zero-order valence-corrected chi connectivity index (χ0v) is 14.8. The molecule has 24 heavy (non-hydrogen) atoms. The van der Waals surface area contributed by atoms with Crippen molar-refractivity contribution in [1.82, 2.24) is 14.8 Å². The predicted octanol–water partition coefficient (Wildman–Crippen LogP) is 2.22. The van der Waals surface area contributed by atoms with E-state index in [0.717, 1.165) is 11.0 Å². The second-order valence-electron chi connectivity index (χ2n) is 7.26. The second kappa shape index (κ2) is 6.68. The van der Waals surface area contributed by atoms with Crippen LogP contribution >= 0.6 is 0 Å². The van der Waals surface area contributed by atoms with Crippen LogP contribution in [0.25, 0.3) is 5.69 Å². The third kappa shape index (κ3) is 4.86. The van der Waals surface area contributed by atoms with Crippen LogP contribution in [0.4, 0.5) is 0 Å². The largest absolute Gasteiger partial charge is 0.488 e. The number of nitrogens with zero attached hydrogens (tertiary/aromatic N) is 1. The van der Waals surface area contributed by atoms with E-state index >= 15 is 0 Å². The molecule has 0 spiro atoms. The van der Waals surface area contributed by atoms with Gasteiger partial charge in [0, 0.05) is 6.42 Å². The number of ether oxygens (including phenoxy) is 2. The molecule has 0 atom stereocenters. The number of aromatic nitrogens is 3. The molecule has 2 rings (SSSR count). The van der Waals surface area contributed by atoms with Gasteiger partial charge in [0.2, 0.25) is 0 Å². The van der Waals surface area contributed by atoms with Crippen LogP contribution in [0, 0.1) is 0 Å². The lowest BCUT2D eigenvalue weighted by Gasteiger charge is -2.28. The Morgan fingerprint density at radius 1 is 0.958 bits per heavy atom. The molecular formula is C17H25N3O4. The highest BCUT2D eigenvalue weighted by atomic mass is 16.5. The Kier molecular flexibility index (Phi) is 5.03. The number of nitrogens with one attached hydrogen (secondary N) is 2. The van der Waals surface area contributed by atoms with Gasteiger partial charge in [0.05, 0.1) is 17.9 Å². The van der Waals surface area contributed by atoms with E-state index < -0.39 is 17.0 Å². The molecule has 1 aromatic carbocycles. The fourth-order valence-electron chi connectivity index (χ4n) is 2.18. The molecule has 0 amide bonds. The Morgan fingerprint density at radius 2 is 1.50 bits per heavy atom. The standard InChI is InChI=1S/C17H25N3O4/c1-16(2,3)23-11-10-17(4,5)24-13-8-6-12(7-9-13)20-14(21)18-19-15(20)22/h6-9H,10-11H2,1-5H3,(H,18,21)(H,19,22). The molecule has 0 saturated heterocycles. The van der Waals surface area contributed by atoms with Gasteiger partial charge in [0.15, 0.2) is 0 Å². The van der Waals surface area contributed by atoms with Gasteiger partial charge in [-0.2, -0.15) is 0 Å². The number of hydrogen-bond donors (Lipinski definition) is 2. The quantitative estimate of drug-likeness (QED) is 0.847. The Labute approximate surface area is 140 Å². The van der Waals surface area contributed by atoms with E-state index in [0.29, 0.717) is 18.0 Å². The van der Waals surface area contributed by atoms with Crippen molar-refractivity contribution in [3.8, 4) is 11.4 Å². The van der Waals surface area contributed by atoms with Gasteiger partial charge in [-0.15, -0.1) is 0 Å². The normalized spacial score (nSPS) is 12.4. The van der Waals surface area contributed by atoms with Crippen LogP contribution in [0.15, 0.2) is 33.9 Å². The first kappa shape index (κ1) is 18.1. The minimum atomic E-state index is -0.506. The maximum Gasteiger partial charge on any atom is 0.348 e. The Morgan fingerprint density at radius 3 is 2.00 bits per heavy atom. The molecular weight excluding hydrogens is 310 g/mol. The van der Waals surface area contributed by atoms with E-state index in [-0.39, 0.29) is 5.60 Å². The number of benzene rings is 1. The number of H-pyrrole nitrogens is 2. The molecule has 132 valence electrons. The van der Waals surface area contributed by atoms with E-state index in [9.17, 15) is 9.59 Å². The topological polar surface area (TPSA) is 89.1 Å². The SMILES string of the molecule is CC(C)(C)OCCC(C)(C)Oc1ccc(-n2c(=O)[nH][nH]c2=O)cc1. The van der Waals surface area contributed by atoms with Gasteiger partial charge in [-0.3, -0.25) is 0 Å². The molecule has 0 radical (unpaired) electrons. The maximum absolute atomic E-state index is 11.6. The lowest BCUT2D eigenvalue weighted by Crippen LogP contribution is -2.32. The first-order chi connectivity index (χ1) is 11.1. The third-order valence-electron chi connectivity index (χ3n) is 3.41. The molecule has 0 unspecified atom stereocenters. The minimum absolute atomic E-state index is 0.172. The second-order valence-corrected chi connectivity index (χ2v) is 7.26.